The summed E-state index contributed by atoms with van der Waals surface area (Å²) in [6.45, 7) is 6.15. The Hall–Kier alpha value is -1.12. The van der Waals surface area contributed by atoms with Crippen molar-refractivity contribution in [3.05, 3.63) is 29.8 Å². The van der Waals surface area contributed by atoms with Crippen molar-refractivity contribution in [2.75, 3.05) is 29.4 Å². The Morgan fingerprint density at radius 2 is 1.67 bits per heavy atom. The quantitative estimate of drug-likeness (QED) is 0.679. The van der Waals surface area contributed by atoms with Crippen molar-refractivity contribution in [2.24, 2.45) is 0 Å². The van der Waals surface area contributed by atoms with Crippen LogP contribution < -0.4 is 9.03 Å². The summed E-state index contributed by atoms with van der Waals surface area (Å²) in [7, 11) is -6.84. The molecule has 8 heteroatoms. The van der Waals surface area contributed by atoms with Crippen LogP contribution in [0.2, 0.25) is 0 Å². The number of anilines is 1. The van der Waals surface area contributed by atoms with Crippen LogP contribution in [0.1, 0.15) is 45.1 Å². The van der Waals surface area contributed by atoms with Gasteiger partial charge < -0.3 is 0 Å². The fourth-order valence-electron chi connectivity index (χ4n) is 2.22. The summed E-state index contributed by atoms with van der Waals surface area (Å²) in [6, 6.07) is 7.29. The summed E-state index contributed by atoms with van der Waals surface area (Å²) in [4.78, 5) is 0. The van der Waals surface area contributed by atoms with Crippen LogP contribution in [0.3, 0.4) is 0 Å². The van der Waals surface area contributed by atoms with Crippen LogP contribution in [0.4, 0.5) is 5.69 Å². The van der Waals surface area contributed by atoms with E-state index >= 15 is 0 Å². The van der Waals surface area contributed by atoms with Gasteiger partial charge in [-0.3, -0.25) is 4.31 Å². The van der Waals surface area contributed by atoms with Gasteiger partial charge in [-0.2, -0.15) is 0 Å². The Balaban J connectivity index is 2.81. The third-order valence-electron chi connectivity index (χ3n) is 3.65. The Bertz CT molecular complexity index is 711. The summed E-state index contributed by atoms with van der Waals surface area (Å²) >= 11 is 0. The third kappa shape index (κ3) is 6.78. The van der Waals surface area contributed by atoms with Gasteiger partial charge in [0.05, 0.1) is 17.7 Å². The van der Waals surface area contributed by atoms with Gasteiger partial charge in [-0.15, -0.1) is 0 Å². The van der Waals surface area contributed by atoms with E-state index in [0.717, 1.165) is 18.2 Å². The minimum Gasteiger partial charge on any atom is -0.269 e. The van der Waals surface area contributed by atoms with E-state index < -0.39 is 20.0 Å². The van der Waals surface area contributed by atoms with Crippen LogP contribution in [0.25, 0.3) is 0 Å². The highest BCUT2D eigenvalue weighted by molar-refractivity contribution is 7.92. The zero-order chi connectivity index (χ0) is 18.4. The highest BCUT2D eigenvalue weighted by Crippen LogP contribution is 2.21. The largest absolute Gasteiger partial charge is 0.269 e. The summed E-state index contributed by atoms with van der Waals surface area (Å²) < 4.78 is 51.3. The first-order valence-electron chi connectivity index (χ1n) is 8.12. The van der Waals surface area contributed by atoms with Crippen LogP contribution in [-0.4, -0.2) is 41.9 Å². The Kier molecular flexibility index (Phi) is 7.69. The van der Waals surface area contributed by atoms with Crippen LogP contribution in [0.15, 0.2) is 24.3 Å². The molecular formula is C16H28N2O4S2. The topological polar surface area (TPSA) is 83.6 Å². The molecule has 0 fully saturated rings. The second-order valence-corrected chi connectivity index (χ2v) is 9.98. The maximum atomic E-state index is 12.0. The number of nitrogens with one attached hydrogen (secondary N) is 1. The lowest BCUT2D eigenvalue weighted by Gasteiger charge is -2.23. The molecule has 0 amide bonds. The lowest BCUT2D eigenvalue weighted by molar-refractivity contribution is 0.575. The molecule has 138 valence electrons. The van der Waals surface area contributed by atoms with Crippen molar-refractivity contribution in [1.29, 1.82) is 0 Å². The standard InChI is InChI=1S/C16H28N2O4S2/c1-5-6-13-24(21,22)17-11-12-18(23(4,19)20)16-9-7-15(8-10-16)14(2)3/h7-10,14,17H,5-6,11-13H2,1-4H3. The first-order valence-corrected chi connectivity index (χ1v) is 11.6. The molecule has 0 radical (unpaired) electrons. The van der Waals surface area contributed by atoms with Gasteiger partial charge in [-0.1, -0.05) is 39.3 Å². The van der Waals surface area contributed by atoms with E-state index in [1.165, 1.54) is 4.31 Å². The van der Waals surface area contributed by atoms with Gasteiger partial charge in [0, 0.05) is 13.1 Å². The minimum atomic E-state index is -3.49. The van der Waals surface area contributed by atoms with Crippen LogP contribution in [0.5, 0.6) is 0 Å². The fourth-order valence-corrected chi connectivity index (χ4v) is 4.36. The number of sulfonamides is 2. The van der Waals surface area contributed by atoms with Crippen molar-refractivity contribution in [2.45, 2.75) is 39.5 Å². The van der Waals surface area contributed by atoms with E-state index in [0.29, 0.717) is 18.0 Å². The smallest absolute Gasteiger partial charge is 0.232 e. The summed E-state index contributed by atoms with van der Waals surface area (Å²) in [6.07, 6.45) is 2.50. The molecule has 0 aliphatic heterocycles. The first kappa shape index (κ1) is 20.9. The van der Waals surface area contributed by atoms with E-state index in [4.69, 9.17) is 0 Å². The Morgan fingerprint density at radius 1 is 1.08 bits per heavy atom. The highest BCUT2D eigenvalue weighted by atomic mass is 32.2. The third-order valence-corrected chi connectivity index (χ3v) is 6.32. The molecule has 1 aromatic rings. The molecule has 1 N–H and O–H groups in total. The molecule has 0 atom stereocenters. The Labute approximate surface area is 146 Å². The van der Waals surface area contributed by atoms with Crippen LogP contribution in [-0.2, 0) is 20.0 Å². The van der Waals surface area contributed by atoms with Crippen molar-refractivity contribution in [3.8, 4) is 0 Å². The van der Waals surface area contributed by atoms with E-state index in [-0.39, 0.29) is 18.8 Å². The predicted molar refractivity (Wildman–Crippen MR) is 99.4 cm³/mol. The average molecular weight is 377 g/mol. The molecular weight excluding hydrogens is 348 g/mol. The molecule has 1 rings (SSSR count). The van der Waals surface area contributed by atoms with Crippen molar-refractivity contribution >= 4 is 25.7 Å². The monoisotopic (exact) mass is 376 g/mol. The number of rotatable bonds is 10. The second kappa shape index (κ2) is 8.82. The molecule has 0 unspecified atom stereocenters. The molecule has 6 nitrogen and oxygen atoms in total. The van der Waals surface area contributed by atoms with Crippen LogP contribution in [0, 0.1) is 0 Å². The van der Waals surface area contributed by atoms with Crippen LogP contribution >= 0.6 is 0 Å². The number of benzene rings is 1. The molecule has 24 heavy (non-hydrogen) atoms. The normalized spacial score (nSPS) is 12.5. The van der Waals surface area contributed by atoms with E-state index in [1.807, 2.05) is 19.1 Å². The molecule has 0 saturated carbocycles. The second-order valence-electron chi connectivity index (χ2n) is 6.15. The van der Waals surface area contributed by atoms with E-state index in [1.54, 1.807) is 12.1 Å². The van der Waals surface area contributed by atoms with Crippen molar-refractivity contribution in [1.82, 2.24) is 4.72 Å². The van der Waals surface area contributed by atoms with Gasteiger partial charge >= 0.3 is 0 Å². The lowest BCUT2D eigenvalue weighted by atomic mass is 10.0. The highest BCUT2D eigenvalue weighted by Gasteiger charge is 2.18. The number of nitrogens with zero attached hydrogens (tertiary/aromatic N) is 1. The van der Waals surface area contributed by atoms with Gasteiger partial charge in [0.1, 0.15) is 0 Å². The first-order chi connectivity index (χ1) is 11.1. The SMILES string of the molecule is CCCCS(=O)(=O)NCCN(c1ccc(C(C)C)cc1)S(C)(=O)=O. The molecule has 1 aromatic carbocycles. The molecule has 0 spiro atoms. The van der Waals surface area contributed by atoms with Gasteiger partial charge in [-0.25, -0.2) is 21.6 Å². The zero-order valence-corrected chi connectivity index (χ0v) is 16.5. The lowest BCUT2D eigenvalue weighted by Crippen LogP contribution is -2.38. The number of hydrogen-bond donors (Lipinski definition) is 1. The summed E-state index contributed by atoms with van der Waals surface area (Å²) in [5, 5.41) is 0. The van der Waals surface area contributed by atoms with E-state index in [2.05, 4.69) is 18.6 Å². The predicted octanol–water partition coefficient (Wildman–Crippen LogP) is 2.30. The van der Waals surface area contributed by atoms with Gasteiger partial charge in [0.25, 0.3) is 0 Å². The minimum absolute atomic E-state index is 0.0467. The summed E-state index contributed by atoms with van der Waals surface area (Å²) in [5.41, 5.74) is 1.65. The van der Waals surface area contributed by atoms with Crippen molar-refractivity contribution < 1.29 is 16.8 Å². The molecule has 0 aliphatic carbocycles. The average Bonchev–Trinajstić information content (AvgIpc) is 2.48. The maximum absolute atomic E-state index is 12.0. The number of hydrogen-bond acceptors (Lipinski definition) is 4. The molecule has 0 aromatic heterocycles. The fraction of sp³-hybridized carbons (Fsp3) is 0.625. The van der Waals surface area contributed by atoms with Gasteiger partial charge in [0.2, 0.25) is 20.0 Å². The molecule has 0 aliphatic rings. The number of unbranched alkanes of at least 4 members (excludes halogenated alkanes) is 1. The zero-order valence-electron chi connectivity index (χ0n) is 14.8. The Morgan fingerprint density at radius 3 is 2.12 bits per heavy atom. The molecule has 0 saturated heterocycles. The van der Waals surface area contributed by atoms with Crippen molar-refractivity contribution in [3.63, 3.8) is 0 Å². The van der Waals surface area contributed by atoms with Gasteiger partial charge in [-0.05, 0) is 30.0 Å². The maximum Gasteiger partial charge on any atom is 0.232 e. The molecule has 0 heterocycles. The van der Waals surface area contributed by atoms with Gasteiger partial charge in [0.15, 0.2) is 0 Å². The van der Waals surface area contributed by atoms with E-state index in [9.17, 15) is 16.8 Å². The molecule has 0 bridgehead atoms. The summed E-state index contributed by atoms with van der Waals surface area (Å²) in [5.74, 6) is 0.418.